The van der Waals surface area contributed by atoms with Crippen LogP contribution in [0, 0.1) is 6.92 Å². The number of aryl methyl sites for hydroxylation is 1. The van der Waals surface area contributed by atoms with Gasteiger partial charge in [0.25, 0.3) is 0 Å². The Morgan fingerprint density at radius 3 is 2.61 bits per heavy atom. The van der Waals surface area contributed by atoms with Crippen molar-refractivity contribution < 1.29 is 14.3 Å². The van der Waals surface area contributed by atoms with Crippen molar-refractivity contribution in [2.24, 2.45) is 0 Å². The van der Waals surface area contributed by atoms with Gasteiger partial charge in [-0.15, -0.1) is 11.3 Å². The summed E-state index contributed by atoms with van der Waals surface area (Å²) in [5.41, 5.74) is 3.01. The quantitative estimate of drug-likeness (QED) is 0.806. The van der Waals surface area contributed by atoms with E-state index in [0.29, 0.717) is 5.56 Å². The number of methoxy groups -OCH3 is 1. The number of esters is 1. The van der Waals surface area contributed by atoms with Gasteiger partial charge >= 0.3 is 5.97 Å². The summed E-state index contributed by atoms with van der Waals surface area (Å²) in [5, 5.41) is 0. The molecule has 0 bridgehead atoms. The van der Waals surface area contributed by atoms with Crippen LogP contribution in [-0.2, 0) is 16.0 Å². The van der Waals surface area contributed by atoms with Gasteiger partial charge in [-0.05, 0) is 36.2 Å². The Kier molecular flexibility index (Phi) is 5.10. The Morgan fingerprint density at radius 1 is 1.26 bits per heavy atom. The molecule has 3 rings (SSSR count). The van der Waals surface area contributed by atoms with Crippen molar-refractivity contribution >= 4 is 17.3 Å². The predicted octanol–water partition coefficient (Wildman–Crippen LogP) is 3.34. The first-order valence-corrected chi connectivity index (χ1v) is 8.57. The van der Waals surface area contributed by atoms with Crippen LogP contribution in [0.4, 0.5) is 0 Å². The highest BCUT2D eigenvalue weighted by atomic mass is 32.1. The third kappa shape index (κ3) is 3.80. The standard InChI is InChI=1S/C18H21NO3S/c1-13-11-16(12-19-7-9-22-10-8-19)23-17(13)14-3-5-15(6-4-14)18(20)21-2/h3-6,11H,7-10,12H2,1-2H3. The molecule has 0 atom stereocenters. The van der Waals surface area contributed by atoms with Crippen molar-refractivity contribution in [3.63, 3.8) is 0 Å². The third-order valence-electron chi connectivity index (χ3n) is 4.02. The second-order valence-corrected chi connectivity index (χ2v) is 6.82. The van der Waals surface area contributed by atoms with Crippen LogP contribution in [0.15, 0.2) is 30.3 Å². The largest absolute Gasteiger partial charge is 0.465 e. The van der Waals surface area contributed by atoms with E-state index in [1.807, 2.05) is 35.6 Å². The molecule has 122 valence electrons. The summed E-state index contributed by atoms with van der Waals surface area (Å²) in [7, 11) is 1.40. The summed E-state index contributed by atoms with van der Waals surface area (Å²) in [6, 6.07) is 9.89. The average molecular weight is 331 g/mol. The number of carbonyl (C=O) groups is 1. The van der Waals surface area contributed by atoms with Gasteiger partial charge in [0, 0.05) is 29.4 Å². The zero-order chi connectivity index (χ0) is 16.2. The molecule has 23 heavy (non-hydrogen) atoms. The Labute approximate surface area is 140 Å². The molecule has 1 aromatic heterocycles. The number of carbonyl (C=O) groups excluding carboxylic acids is 1. The first kappa shape index (κ1) is 16.2. The van der Waals surface area contributed by atoms with E-state index in [2.05, 4.69) is 17.9 Å². The van der Waals surface area contributed by atoms with Gasteiger partial charge in [-0.1, -0.05) is 12.1 Å². The molecule has 4 nitrogen and oxygen atoms in total. The van der Waals surface area contributed by atoms with Gasteiger partial charge < -0.3 is 9.47 Å². The molecule has 0 saturated carbocycles. The molecule has 0 unspecified atom stereocenters. The number of hydrogen-bond acceptors (Lipinski definition) is 5. The molecule has 5 heteroatoms. The minimum Gasteiger partial charge on any atom is -0.465 e. The summed E-state index contributed by atoms with van der Waals surface area (Å²) in [6.45, 7) is 6.77. The number of benzene rings is 1. The molecule has 0 radical (unpaired) electrons. The minimum atomic E-state index is -0.299. The van der Waals surface area contributed by atoms with E-state index in [4.69, 9.17) is 9.47 Å². The Hall–Kier alpha value is -1.69. The highest BCUT2D eigenvalue weighted by Crippen LogP contribution is 2.33. The van der Waals surface area contributed by atoms with E-state index in [9.17, 15) is 4.79 Å². The lowest BCUT2D eigenvalue weighted by Crippen LogP contribution is -2.35. The Bertz CT molecular complexity index is 672. The molecule has 2 heterocycles. The number of nitrogens with zero attached hydrogens (tertiary/aromatic N) is 1. The van der Waals surface area contributed by atoms with E-state index in [1.54, 1.807) is 0 Å². The van der Waals surface area contributed by atoms with E-state index < -0.39 is 0 Å². The number of ether oxygens (including phenoxy) is 2. The van der Waals surface area contributed by atoms with Crippen molar-refractivity contribution in [3.8, 4) is 10.4 Å². The molecule has 1 aromatic carbocycles. The molecule has 1 fully saturated rings. The number of morpholine rings is 1. The van der Waals surface area contributed by atoms with Crippen molar-refractivity contribution in [3.05, 3.63) is 46.3 Å². The fourth-order valence-corrected chi connectivity index (χ4v) is 3.99. The van der Waals surface area contributed by atoms with Gasteiger partial charge in [0.1, 0.15) is 0 Å². The SMILES string of the molecule is COC(=O)c1ccc(-c2sc(CN3CCOCC3)cc2C)cc1. The molecular formula is C18H21NO3S. The zero-order valence-corrected chi connectivity index (χ0v) is 14.3. The Balaban J connectivity index is 1.76. The van der Waals surface area contributed by atoms with Crippen LogP contribution >= 0.6 is 11.3 Å². The van der Waals surface area contributed by atoms with Crippen molar-refractivity contribution in [2.45, 2.75) is 13.5 Å². The van der Waals surface area contributed by atoms with Crippen LogP contribution < -0.4 is 0 Å². The molecule has 0 aliphatic carbocycles. The second kappa shape index (κ2) is 7.25. The van der Waals surface area contributed by atoms with E-state index >= 15 is 0 Å². The lowest BCUT2D eigenvalue weighted by atomic mass is 10.1. The lowest BCUT2D eigenvalue weighted by Gasteiger charge is -2.25. The maximum atomic E-state index is 11.5. The van der Waals surface area contributed by atoms with Crippen molar-refractivity contribution in [1.29, 1.82) is 0 Å². The molecule has 0 N–H and O–H groups in total. The number of hydrogen-bond donors (Lipinski definition) is 0. The Morgan fingerprint density at radius 2 is 1.96 bits per heavy atom. The number of thiophene rings is 1. The first-order valence-electron chi connectivity index (χ1n) is 7.75. The van der Waals surface area contributed by atoms with Crippen LogP contribution in [0.1, 0.15) is 20.8 Å². The van der Waals surface area contributed by atoms with Gasteiger partial charge in [0.05, 0.1) is 25.9 Å². The predicted molar refractivity (Wildman–Crippen MR) is 91.9 cm³/mol. The summed E-state index contributed by atoms with van der Waals surface area (Å²) in [4.78, 5) is 16.6. The number of rotatable bonds is 4. The fraction of sp³-hybridized carbons (Fsp3) is 0.389. The lowest BCUT2D eigenvalue weighted by molar-refractivity contribution is 0.0346. The van der Waals surface area contributed by atoms with Gasteiger partial charge in [0.15, 0.2) is 0 Å². The smallest absolute Gasteiger partial charge is 0.337 e. The summed E-state index contributed by atoms with van der Waals surface area (Å²) < 4.78 is 10.1. The highest BCUT2D eigenvalue weighted by Gasteiger charge is 2.14. The second-order valence-electron chi connectivity index (χ2n) is 5.68. The summed E-state index contributed by atoms with van der Waals surface area (Å²) >= 11 is 1.83. The van der Waals surface area contributed by atoms with Gasteiger partial charge in [-0.2, -0.15) is 0 Å². The molecule has 1 aliphatic rings. The van der Waals surface area contributed by atoms with Crippen LogP contribution in [0.2, 0.25) is 0 Å². The monoisotopic (exact) mass is 331 g/mol. The molecular weight excluding hydrogens is 310 g/mol. The summed E-state index contributed by atoms with van der Waals surface area (Å²) in [5.74, 6) is -0.299. The topological polar surface area (TPSA) is 38.8 Å². The normalized spacial score (nSPS) is 15.6. The van der Waals surface area contributed by atoms with E-state index in [-0.39, 0.29) is 5.97 Å². The van der Waals surface area contributed by atoms with Gasteiger partial charge in [-0.25, -0.2) is 4.79 Å². The molecule has 0 spiro atoms. The van der Waals surface area contributed by atoms with Crippen LogP contribution in [0.25, 0.3) is 10.4 Å². The maximum absolute atomic E-state index is 11.5. The average Bonchev–Trinajstić information content (AvgIpc) is 2.95. The molecule has 0 amide bonds. The fourth-order valence-electron chi connectivity index (χ4n) is 2.77. The van der Waals surface area contributed by atoms with Gasteiger partial charge in [0.2, 0.25) is 0 Å². The minimum absolute atomic E-state index is 0.299. The first-order chi connectivity index (χ1) is 11.2. The maximum Gasteiger partial charge on any atom is 0.337 e. The third-order valence-corrected chi connectivity index (χ3v) is 5.29. The molecule has 2 aromatic rings. The van der Waals surface area contributed by atoms with Gasteiger partial charge in [-0.3, -0.25) is 4.90 Å². The van der Waals surface area contributed by atoms with Crippen LogP contribution in [-0.4, -0.2) is 44.3 Å². The molecule has 1 aliphatic heterocycles. The van der Waals surface area contributed by atoms with E-state index in [1.165, 1.54) is 22.4 Å². The van der Waals surface area contributed by atoms with Crippen molar-refractivity contribution in [1.82, 2.24) is 4.90 Å². The highest BCUT2D eigenvalue weighted by molar-refractivity contribution is 7.15. The van der Waals surface area contributed by atoms with E-state index in [0.717, 1.165) is 38.4 Å². The summed E-state index contributed by atoms with van der Waals surface area (Å²) in [6.07, 6.45) is 0. The van der Waals surface area contributed by atoms with Crippen LogP contribution in [0.3, 0.4) is 0 Å². The molecule has 1 saturated heterocycles. The van der Waals surface area contributed by atoms with Crippen LogP contribution in [0.5, 0.6) is 0 Å². The zero-order valence-electron chi connectivity index (χ0n) is 13.5. The van der Waals surface area contributed by atoms with Crippen molar-refractivity contribution in [2.75, 3.05) is 33.4 Å².